The molecule has 0 radical (unpaired) electrons. The van der Waals surface area contributed by atoms with E-state index in [1.165, 1.54) is 45.1 Å². The fourth-order valence-electron chi connectivity index (χ4n) is 3.56. The third-order valence-corrected chi connectivity index (χ3v) is 8.50. The molecule has 0 aromatic heterocycles. The monoisotopic (exact) mass is 243 g/mol. The highest BCUT2D eigenvalue weighted by molar-refractivity contribution is 6.66. The lowest BCUT2D eigenvalue weighted by Gasteiger charge is -2.48. The van der Waals surface area contributed by atoms with Crippen LogP contribution in [0.3, 0.4) is 0 Å². The van der Waals surface area contributed by atoms with E-state index >= 15 is 0 Å². The molecule has 2 aliphatic rings. The summed E-state index contributed by atoms with van der Waals surface area (Å²) in [5.41, 5.74) is 0.594. The molecular formula is C12H25NO2Si. The average molecular weight is 243 g/mol. The number of nitrogens with zero attached hydrogens (tertiary/aromatic N) is 1. The Labute approximate surface area is 100 Å². The van der Waals surface area contributed by atoms with Gasteiger partial charge >= 0.3 is 8.72 Å². The zero-order valence-corrected chi connectivity index (χ0v) is 11.9. The largest absolute Gasteiger partial charge is 0.430 e. The van der Waals surface area contributed by atoms with E-state index < -0.39 is 8.72 Å². The van der Waals surface area contributed by atoms with Crippen LogP contribution in [-0.2, 0) is 8.85 Å². The molecule has 4 heteroatoms. The number of hydrogen-bond acceptors (Lipinski definition) is 3. The van der Waals surface area contributed by atoms with Crippen molar-refractivity contribution in [3.8, 4) is 0 Å². The first-order chi connectivity index (χ1) is 7.74. The van der Waals surface area contributed by atoms with Gasteiger partial charge in [0, 0.05) is 25.8 Å². The highest BCUT2D eigenvalue weighted by Crippen LogP contribution is 2.39. The van der Waals surface area contributed by atoms with Crippen LogP contribution in [0.15, 0.2) is 0 Å². The highest BCUT2D eigenvalue weighted by atomic mass is 28.4. The molecule has 2 rings (SSSR count). The van der Waals surface area contributed by atoms with Gasteiger partial charge < -0.3 is 8.85 Å². The topological polar surface area (TPSA) is 21.7 Å². The Bertz CT molecular complexity index is 227. The van der Waals surface area contributed by atoms with Gasteiger partial charge in [-0.25, -0.2) is 0 Å². The lowest BCUT2D eigenvalue weighted by atomic mass is 10.2. The van der Waals surface area contributed by atoms with Crippen molar-refractivity contribution in [2.45, 2.75) is 57.0 Å². The molecule has 0 aromatic rings. The van der Waals surface area contributed by atoms with Crippen LogP contribution < -0.4 is 0 Å². The van der Waals surface area contributed by atoms with E-state index in [1.54, 1.807) is 0 Å². The second-order valence-corrected chi connectivity index (χ2v) is 8.85. The molecule has 1 aliphatic heterocycles. The summed E-state index contributed by atoms with van der Waals surface area (Å²) >= 11 is 0. The molecule has 0 amide bonds. The van der Waals surface area contributed by atoms with Crippen molar-refractivity contribution in [2.24, 2.45) is 0 Å². The van der Waals surface area contributed by atoms with E-state index in [9.17, 15) is 0 Å². The first-order valence-corrected chi connectivity index (χ1v) is 8.45. The summed E-state index contributed by atoms with van der Waals surface area (Å²) in [4.78, 5) is 0. The summed E-state index contributed by atoms with van der Waals surface area (Å²) in [5, 5.41) is 0. The molecule has 3 nitrogen and oxygen atoms in total. The summed E-state index contributed by atoms with van der Waals surface area (Å²) in [7, 11) is 1.60. The SMILES string of the molecule is CO[Si]1(OC)C(C)CCCN1C1CCCC1. The summed E-state index contributed by atoms with van der Waals surface area (Å²) in [5.74, 6) is 0. The minimum atomic E-state index is -2.10. The molecule has 1 aliphatic carbocycles. The molecule has 94 valence electrons. The van der Waals surface area contributed by atoms with Gasteiger partial charge in [-0.05, 0) is 32.2 Å². The molecule has 2 fully saturated rings. The van der Waals surface area contributed by atoms with Gasteiger partial charge in [-0.2, -0.15) is 0 Å². The Hall–Kier alpha value is 0.0969. The van der Waals surface area contributed by atoms with Gasteiger partial charge in [-0.15, -0.1) is 0 Å². The number of rotatable bonds is 3. The van der Waals surface area contributed by atoms with Gasteiger partial charge in [0.15, 0.2) is 0 Å². The van der Waals surface area contributed by atoms with Crippen LogP contribution in [0.1, 0.15) is 45.4 Å². The van der Waals surface area contributed by atoms with E-state index in [0.717, 1.165) is 6.04 Å². The van der Waals surface area contributed by atoms with Crippen LogP contribution in [0.2, 0.25) is 5.54 Å². The van der Waals surface area contributed by atoms with Gasteiger partial charge in [-0.3, -0.25) is 4.57 Å². The maximum atomic E-state index is 5.91. The molecule has 0 spiro atoms. The molecular weight excluding hydrogens is 218 g/mol. The van der Waals surface area contributed by atoms with Crippen molar-refractivity contribution < 1.29 is 8.85 Å². The summed E-state index contributed by atoms with van der Waals surface area (Å²) in [6, 6.07) is 0.731. The van der Waals surface area contributed by atoms with Crippen molar-refractivity contribution in [1.82, 2.24) is 4.57 Å². The third kappa shape index (κ3) is 1.96. The van der Waals surface area contributed by atoms with Crippen LogP contribution in [0, 0.1) is 0 Å². The standard InChI is InChI=1S/C12H25NO2Si/c1-11-7-6-10-13(12-8-4-5-9-12)16(11,14-2)15-3/h11-12H,4-10H2,1-3H3. The van der Waals surface area contributed by atoms with Gasteiger partial charge in [-0.1, -0.05) is 19.8 Å². The first-order valence-electron chi connectivity index (χ1n) is 6.61. The fourth-order valence-corrected chi connectivity index (χ4v) is 7.37. The van der Waals surface area contributed by atoms with Crippen molar-refractivity contribution in [2.75, 3.05) is 20.8 Å². The molecule has 1 saturated heterocycles. The van der Waals surface area contributed by atoms with Crippen molar-refractivity contribution in [3.05, 3.63) is 0 Å². The predicted molar refractivity (Wildman–Crippen MR) is 67.4 cm³/mol. The molecule has 1 saturated carbocycles. The normalized spacial score (nSPS) is 32.1. The van der Waals surface area contributed by atoms with Crippen molar-refractivity contribution in [1.29, 1.82) is 0 Å². The van der Waals surface area contributed by atoms with Crippen LogP contribution in [0.25, 0.3) is 0 Å². The van der Waals surface area contributed by atoms with Crippen LogP contribution in [0.4, 0.5) is 0 Å². The Morgan fingerprint density at radius 1 is 1.00 bits per heavy atom. The smallest absolute Gasteiger partial charge is 0.386 e. The molecule has 1 atom stereocenters. The molecule has 1 unspecified atom stereocenters. The summed E-state index contributed by atoms with van der Waals surface area (Å²) in [6.45, 7) is 3.49. The van der Waals surface area contributed by atoms with E-state index in [1.807, 2.05) is 14.2 Å². The fraction of sp³-hybridized carbons (Fsp3) is 1.00. The summed E-state index contributed by atoms with van der Waals surface area (Å²) < 4.78 is 14.4. The Kier molecular flexibility index (Phi) is 4.05. The maximum Gasteiger partial charge on any atom is 0.430 e. The zero-order chi connectivity index (χ0) is 11.6. The lowest BCUT2D eigenvalue weighted by Crippen LogP contribution is -2.65. The predicted octanol–water partition coefficient (Wildman–Crippen LogP) is 2.65. The van der Waals surface area contributed by atoms with E-state index in [4.69, 9.17) is 8.85 Å². The maximum absolute atomic E-state index is 5.91. The minimum absolute atomic E-state index is 0.594. The average Bonchev–Trinajstić information content (AvgIpc) is 2.82. The van der Waals surface area contributed by atoms with Gasteiger partial charge in [0.25, 0.3) is 0 Å². The van der Waals surface area contributed by atoms with Crippen molar-refractivity contribution in [3.63, 3.8) is 0 Å². The van der Waals surface area contributed by atoms with Gasteiger partial charge in [0.1, 0.15) is 0 Å². The van der Waals surface area contributed by atoms with E-state index in [0.29, 0.717) is 5.54 Å². The molecule has 0 bridgehead atoms. The lowest BCUT2D eigenvalue weighted by molar-refractivity contribution is 0.109. The first kappa shape index (κ1) is 12.6. The Morgan fingerprint density at radius 3 is 2.19 bits per heavy atom. The van der Waals surface area contributed by atoms with Crippen LogP contribution in [0.5, 0.6) is 0 Å². The Balaban J connectivity index is 2.18. The van der Waals surface area contributed by atoms with E-state index in [-0.39, 0.29) is 0 Å². The second kappa shape index (κ2) is 5.17. The van der Waals surface area contributed by atoms with Crippen LogP contribution >= 0.6 is 0 Å². The van der Waals surface area contributed by atoms with Crippen LogP contribution in [-0.4, -0.2) is 40.1 Å². The molecule has 0 aromatic carbocycles. The zero-order valence-electron chi connectivity index (χ0n) is 10.9. The van der Waals surface area contributed by atoms with Gasteiger partial charge in [0.2, 0.25) is 0 Å². The van der Waals surface area contributed by atoms with E-state index in [2.05, 4.69) is 11.5 Å². The third-order valence-electron chi connectivity index (χ3n) is 4.41. The van der Waals surface area contributed by atoms with Crippen molar-refractivity contribution >= 4 is 8.72 Å². The molecule has 16 heavy (non-hydrogen) atoms. The number of hydrogen-bond donors (Lipinski definition) is 0. The highest BCUT2D eigenvalue weighted by Gasteiger charge is 2.53. The quantitative estimate of drug-likeness (QED) is 0.711. The minimum Gasteiger partial charge on any atom is -0.386 e. The van der Waals surface area contributed by atoms with Gasteiger partial charge in [0.05, 0.1) is 0 Å². The summed E-state index contributed by atoms with van der Waals surface area (Å²) in [6.07, 6.45) is 8.01. The molecule has 0 N–H and O–H groups in total. The Morgan fingerprint density at radius 2 is 1.62 bits per heavy atom. The second-order valence-electron chi connectivity index (χ2n) is 5.21. The molecule has 1 heterocycles.